The average molecular weight is 310 g/mol. The van der Waals surface area contributed by atoms with E-state index < -0.39 is 18.5 Å². The fraction of sp³-hybridized carbons (Fsp3) is 0.154. The number of hydrogen-bond acceptors (Lipinski definition) is 6. The molecule has 0 aliphatic rings. The van der Waals surface area contributed by atoms with E-state index in [0.717, 1.165) is 0 Å². The fourth-order valence-corrected chi connectivity index (χ4v) is 1.77. The number of nitrogen functional groups attached to an aromatic ring is 1. The second-order valence-corrected chi connectivity index (χ2v) is 4.52. The van der Waals surface area contributed by atoms with Gasteiger partial charge in [0.15, 0.2) is 6.61 Å². The van der Waals surface area contributed by atoms with Gasteiger partial charge >= 0.3 is 5.97 Å². The summed E-state index contributed by atoms with van der Waals surface area (Å²) in [6.45, 7) is 1.06. The summed E-state index contributed by atoms with van der Waals surface area (Å²) in [4.78, 5) is 23.5. The van der Waals surface area contributed by atoms with Crippen molar-refractivity contribution in [3.8, 4) is 0 Å². The van der Waals surface area contributed by atoms with Gasteiger partial charge in [0.05, 0.1) is 16.4 Å². The molecule has 0 atom stereocenters. The number of aryl methyl sites for hydroxylation is 1. The number of carbonyl (C=O) groups excluding carboxylic acids is 2. The lowest BCUT2D eigenvalue weighted by Crippen LogP contribution is -2.21. The average Bonchev–Trinajstić information content (AvgIpc) is 2.78. The number of hydrogen-bond donors (Lipinski definition) is 2. The monoisotopic (exact) mass is 309 g/mol. The second-order valence-electron chi connectivity index (χ2n) is 4.11. The molecule has 8 heteroatoms. The Bertz CT molecular complexity index is 664. The number of nitrogens with two attached hydrogens (primary N) is 1. The van der Waals surface area contributed by atoms with E-state index in [9.17, 15) is 9.59 Å². The lowest BCUT2D eigenvalue weighted by Gasteiger charge is -2.07. The summed E-state index contributed by atoms with van der Waals surface area (Å²) in [6, 6.07) is 6.71. The number of aromatic nitrogens is 1. The molecular weight excluding hydrogens is 298 g/mol. The topological polar surface area (TPSA) is 107 Å². The summed E-state index contributed by atoms with van der Waals surface area (Å²) in [5.74, 6) is -1.45. The van der Waals surface area contributed by atoms with Crippen LogP contribution in [-0.2, 0) is 9.53 Å². The molecule has 1 heterocycles. The third-order valence-corrected chi connectivity index (χ3v) is 2.91. The van der Waals surface area contributed by atoms with Crippen LogP contribution >= 0.6 is 11.6 Å². The number of carbonyl (C=O) groups is 2. The Labute approximate surface area is 125 Å². The maximum absolute atomic E-state index is 11.8. The van der Waals surface area contributed by atoms with E-state index in [1.54, 1.807) is 31.2 Å². The molecule has 1 aromatic carbocycles. The van der Waals surface area contributed by atoms with Gasteiger partial charge in [0, 0.05) is 0 Å². The number of ether oxygens (including phenoxy) is 1. The first-order valence-electron chi connectivity index (χ1n) is 5.92. The van der Waals surface area contributed by atoms with Crippen molar-refractivity contribution in [2.24, 2.45) is 0 Å². The highest BCUT2D eigenvalue weighted by Crippen LogP contribution is 2.20. The highest BCUT2D eigenvalue weighted by atomic mass is 35.5. The molecule has 1 aromatic heterocycles. The predicted octanol–water partition coefficient (Wildman–Crippen LogP) is 2.01. The summed E-state index contributed by atoms with van der Waals surface area (Å²) < 4.78 is 9.49. The molecule has 1 amide bonds. The number of nitrogens with one attached hydrogen (secondary N) is 1. The van der Waals surface area contributed by atoms with Crippen LogP contribution < -0.4 is 11.1 Å². The van der Waals surface area contributed by atoms with Crippen molar-refractivity contribution in [3.63, 3.8) is 0 Å². The van der Waals surface area contributed by atoms with Gasteiger partial charge in [0.2, 0.25) is 5.88 Å². The van der Waals surface area contributed by atoms with E-state index in [2.05, 4.69) is 15.0 Å². The second kappa shape index (κ2) is 6.27. The minimum atomic E-state index is -0.777. The van der Waals surface area contributed by atoms with Gasteiger partial charge in [-0.15, -0.1) is 0 Å². The van der Waals surface area contributed by atoms with Gasteiger partial charge in [-0.3, -0.25) is 4.79 Å². The van der Waals surface area contributed by atoms with E-state index in [4.69, 9.17) is 22.1 Å². The van der Waals surface area contributed by atoms with Gasteiger partial charge in [-0.05, 0) is 19.1 Å². The molecule has 0 aliphatic heterocycles. The molecule has 110 valence electrons. The molecule has 2 aromatic rings. The standard InChI is InChI=1S/C13H12ClN3O4/c1-7-11(12(15)21-17-7)13(19)20-6-10(18)16-9-5-3-2-4-8(9)14/h2-5H,6,15H2,1H3,(H,16,18). The molecule has 0 fully saturated rings. The molecule has 0 unspecified atom stereocenters. The van der Waals surface area contributed by atoms with E-state index in [-0.39, 0.29) is 11.4 Å². The van der Waals surface area contributed by atoms with Gasteiger partial charge in [-0.2, -0.15) is 0 Å². The normalized spacial score (nSPS) is 10.2. The van der Waals surface area contributed by atoms with Crippen LogP contribution in [0.3, 0.4) is 0 Å². The molecule has 0 aliphatic carbocycles. The Kier molecular flexibility index (Phi) is 4.44. The van der Waals surface area contributed by atoms with Gasteiger partial charge in [0.1, 0.15) is 5.56 Å². The summed E-state index contributed by atoms with van der Waals surface area (Å²) >= 11 is 5.89. The van der Waals surface area contributed by atoms with Crippen molar-refractivity contribution in [3.05, 3.63) is 40.5 Å². The molecule has 0 bridgehead atoms. The lowest BCUT2D eigenvalue weighted by molar-refractivity contribution is -0.119. The third kappa shape index (κ3) is 3.51. The third-order valence-electron chi connectivity index (χ3n) is 2.58. The first-order chi connectivity index (χ1) is 9.99. The Hall–Kier alpha value is -2.54. The Balaban J connectivity index is 1.93. The molecule has 0 radical (unpaired) electrons. The van der Waals surface area contributed by atoms with E-state index in [1.807, 2.05) is 0 Å². The van der Waals surface area contributed by atoms with Crippen LogP contribution in [0.15, 0.2) is 28.8 Å². The zero-order chi connectivity index (χ0) is 15.4. The SMILES string of the molecule is Cc1noc(N)c1C(=O)OCC(=O)Nc1ccccc1Cl. The highest BCUT2D eigenvalue weighted by Gasteiger charge is 2.20. The van der Waals surface area contributed by atoms with Gasteiger partial charge in [-0.1, -0.05) is 28.9 Å². The first kappa shape index (κ1) is 14.9. The van der Waals surface area contributed by atoms with Crippen molar-refractivity contribution < 1.29 is 18.8 Å². The fourth-order valence-electron chi connectivity index (χ4n) is 1.59. The van der Waals surface area contributed by atoms with Crippen molar-refractivity contribution >= 4 is 35.0 Å². The number of nitrogens with zero attached hydrogens (tertiary/aromatic N) is 1. The van der Waals surface area contributed by atoms with Crippen molar-refractivity contribution in [2.75, 3.05) is 17.7 Å². The summed E-state index contributed by atoms with van der Waals surface area (Å²) in [5, 5.41) is 6.43. The molecule has 2 rings (SSSR count). The largest absolute Gasteiger partial charge is 0.452 e. The molecule has 0 saturated carbocycles. The quantitative estimate of drug-likeness (QED) is 0.836. The van der Waals surface area contributed by atoms with Crippen molar-refractivity contribution in [1.29, 1.82) is 0 Å². The Morgan fingerprint density at radius 2 is 2.14 bits per heavy atom. The molecule has 0 saturated heterocycles. The number of rotatable bonds is 4. The van der Waals surface area contributed by atoms with Gasteiger partial charge < -0.3 is 20.3 Å². The number of halogens is 1. The zero-order valence-electron chi connectivity index (χ0n) is 11.1. The molecular formula is C13H12ClN3O4. The summed E-state index contributed by atoms with van der Waals surface area (Å²) in [5.41, 5.74) is 6.19. The predicted molar refractivity (Wildman–Crippen MR) is 76.0 cm³/mol. The Morgan fingerprint density at radius 3 is 2.76 bits per heavy atom. The maximum Gasteiger partial charge on any atom is 0.346 e. The molecule has 21 heavy (non-hydrogen) atoms. The summed E-state index contributed by atoms with van der Waals surface area (Å²) in [6.07, 6.45) is 0. The zero-order valence-corrected chi connectivity index (χ0v) is 11.8. The number of amides is 1. The number of para-hydroxylation sites is 1. The summed E-state index contributed by atoms with van der Waals surface area (Å²) in [7, 11) is 0. The van der Waals surface area contributed by atoms with Crippen LogP contribution in [0.4, 0.5) is 11.6 Å². The van der Waals surface area contributed by atoms with Crippen molar-refractivity contribution in [2.45, 2.75) is 6.92 Å². The number of benzene rings is 1. The van der Waals surface area contributed by atoms with Gasteiger partial charge in [-0.25, -0.2) is 4.79 Å². The van der Waals surface area contributed by atoms with Gasteiger partial charge in [0.25, 0.3) is 5.91 Å². The first-order valence-corrected chi connectivity index (χ1v) is 6.30. The maximum atomic E-state index is 11.8. The van der Waals surface area contributed by atoms with Crippen LogP contribution in [0.1, 0.15) is 16.1 Å². The van der Waals surface area contributed by atoms with Crippen LogP contribution in [0, 0.1) is 6.92 Å². The minimum absolute atomic E-state index is 0.0144. The smallest absolute Gasteiger partial charge is 0.346 e. The van der Waals surface area contributed by atoms with Crippen LogP contribution in [-0.4, -0.2) is 23.6 Å². The number of esters is 1. The highest BCUT2D eigenvalue weighted by molar-refractivity contribution is 6.33. The Morgan fingerprint density at radius 1 is 1.43 bits per heavy atom. The van der Waals surface area contributed by atoms with Crippen LogP contribution in [0.5, 0.6) is 0 Å². The lowest BCUT2D eigenvalue weighted by atomic mass is 10.2. The van der Waals surface area contributed by atoms with Crippen LogP contribution in [0.2, 0.25) is 5.02 Å². The molecule has 3 N–H and O–H groups in total. The molecule has 0 spiro atoms. The van der Waals surface area contributed by atoms with E-state index >= 15 is 0 Å². The minimum Gasteiger partial charge on any atom is -0.452 e. The van der Waals surface area contributed by atoms with Crippen LogP contribution in [0.25, 0.3) is 0 Å². The number of anilines is 2. The van der Waals surface area contributed by atoms with E-state index in [1.165, 1.54) is 0 Å². The van der Waals surface area contributed by atoms with E-state index in [0.29, 0.717) is 16.4 Å². The van der Waals surface area contributed by atoms with Crippen molar-refractivity contribution in [1.82, 2.24) is 5.16 Å². The molecule has 7 nitrogen and oxygen atoms in total.